The number of aliphatic hydroxyl groups excluding tert-OH is 1. The van der Waals surface area contributed by atoms with Gasteiger partial charge in [0.25, 0.3) is 0 Å². The minimum Gasteiger partial charge on any atom is -0.392 e. The molecule has 5 rings (SSSR count). The summed E-state index contributed by atoms with van der Waals surface area (Å²) in [6.07, 6.45) is 11.6. The van der Waals surface area contributed by atoms with Gasteiger partial charge < -0.3 is 14.4 Å². The molecule has 0 aliphatic carbocycles. The maximum absolute atomic E-state index is 9.29. The largest absolute Gasteiger partial charge is 0.392 e. The summed E-state index contributed by atoms with van der Waals surface area (Å²) in [6, 6.07) is 3.75. The Morgan fingerprint density at radius 3 is 2.76 bits per heavy atom. The molecule has 0 amide bonds. The molecule has 0 aromatic carbocycles. The van der Waals surface area contributed by atoms with Crippen molar-refractivity contribution in [2.75, 3.05) is 18.0 Å². The Balaban J connectivity index is 1.40. The smallest absolute Gasteiger partial charge is 0.137 e. The van der Waals surface area contributed by atoms with Gasteiger partial charge in [0.2, 0.25) is 0 Å². The molecule has 29 heavy (non-hydrogen) atoms. The number of pyridine rings is 2. The first-order valence-electron chi connectivity index (χ1n) is 9.57. The second-order valence-electron chi connectivity index (χ2n) is 7.21. The van der Waals surface area contributed by atoms with Gasteiger partial charge >= 0.3 is 0 Å². The number of halogens is 1. The molecule has 0 saturated carbocycles. The van der Waals surface area contributed by atoms with Crippen LogP contribution in [0.1, 0.15) is 24.1 Å². The molecular weight excluding hydrogens is 390 g/mol. The van der Waals surface area contributed by atoms with Crippen LogP contribution in [-0.4, -0.2) is 47.6 Å². The predicted octanol–water partition coefficient (Wildman–Crippen LogP) is 2.78. The maximum Gasteiger partial charge on any atom is 0.137 e. The Bertz CT molecular complexity index is 1160. The van der Waals surface area contributed by atoms with Crippen molar-refractivity contribution >= 4 is 22.9 Å². The Hall–Kier alpha value is -2.97. The van der Waals surface area contributed by atoms with Gasteiger partial charge in [-0.15, -0.1) is 5.10 Å². The highest BCUT2D eigenvalue weighted by Gasteiger charge is 2.19. The number of hydrogen-bond donors (Lipinski definition) is 1. The number of hydrogen-bond acceptors (Lipinski definition) is 6. The van der Waals surface area contributed by atoms with Crippen molar-refractivity contribution in [1.29, 1.82) is 0 Å². The van der Waals surface area contributed by atoms with E-state index in [1.54, 1.807) is 10.9 Å². The highest BCUT2D eigenvalue weighted by molar-refractivity contribution is 6.35. The molecule has 1 aliphatic heterocycles. The van der Waals surface area contributed by atoms with Crippen LogP contribution in [0.4, 0.5) is 5.69 Å². The fourth-order valence-corrected chi connectivity index (χ4v) is 4.03. The summed E-state index contributed by atoms with van der Waals surface area (Å²) in [6.45, 7) is 2.49. The van der Waals surface area contributed by atoms with Gasteiger partial charge in [0, 0.05) is 37.2 Å². The molecule has 148 valence electrons. The molecule has 0 atom stereocenters. The molecule has 8 nitrogen and oxygen atoms in total. The summed E-state index contributed by atoms with van der Waals surface area (Å²) in [5, 5.41) is 18.5. The van der Waals surface area contributed by atoms with Gasteiger partial charge in [0.05, 0.1) is 41.9 Å². The van der Waals surface area contributed by atoms with Gasteiger partial charge in [-0.2, -0.15) is 0 Å². The summed E-state index contributed by atoms with van der Waals surface area (Å²) in [5.41, 5.74) is 4.94. The van der Waals surface area contributed by atoms with Crippen LogP contribution in [-0.2, 0) is 13.2 Å². The molecule has 1 fully saturated rings. The van der Waals surface area contributed by atoms with Crippen LogP contribution in [0.15, 0.2) is 43.1 Å². The Kier molecular flexibility index (Phi) is 4.65. The van der Waals surface area contributed by atoms with Crippen LogP contribution >= 0.6 is 11.6 Å². The lowest BCUT2D eigenvalue weighted by molar-refractivity contribution is 0.281. The lowest BCUT2D eigenvalue weighted by Gasteiger charge is -2.19. The minimum absolute atomic E-state index is 0.00117. The molecule has 4 aromatic rings. The number of anilines is 1. The third kappa shape index (κ3) is 3.45. The van der Waals surface area contributed by atoms with Crippen LogP contribution in [0.25, 0.3) is 16.9 Å². The van der Waals surface area contributed by atoms with Crippen molar-refractivity contribution in [3.05, 3.63) is 59.4 Å². The third-order valence-electron chi connectivity index (χ3n) is 5.19. The van der Waals surface area contributed by atoms with E-state index in [2.05, 4.69) is 25.2 Å². The van der Waals surface area contributed by atoms with E-state index in [9.17, 15) is 5.11 Å². The zero-order chi connectivity index (χ0) is 19.8. The topological polar surface area (TPSA) is 84.4 Å². The molecule has 0 bridgehead atoms. The summed E-state index contributed by atoms with van der Waals surface area (Å²) in [7, 11) is 0. The van der Waals surface area contributed by atoms with Crippen molar-refractivity contribution in [2.45, 2.75) is 26.0 Å². The molecule has 5 heterocycles. The van der Waals surface area contributed by atoms with Crippen LogP contribution in [0.3, 0.4) is 0 Å². The standard InChI is InChI=1S/C20H20ClN7O/c21-20-16(7-22-8-18(20)26-5-1-2-6-26)17-12-28(25-24-17)11-15-10-27-9-14(13-29)3-4-19(27)23-15/h3-4,7-10,12,29H,1-2,5-6,11,13H2. The summed E-state index contributed by atoms with van der Waals surface area (Å²) >= 11 is 6.68. The quantitative estimate of drug-likeness (QED) is 0.545. The second-order valence-corrected chi connectivity index (χ2v) is 7.59. The van der Waals surface area contributed by atoms with E-state index in [4.69, 9.17) is 11.6 Å². The summed E-state index contributed by atoms with van der Waals surface area (Å²) in [5.74, 6) is 0. The van der Waals surface area contributed by atoms with Crippen molar-refractivity contribution in [2.24, 2.45) is 0 Å². The maximum atomic E-state index is 9.29. The first-order valence-corrected chi connectivity index (χ1v) is 9.95. The summed E-state index contributed by atoms with van der Waals surface area (Å²) in [4.78, 5) is 11.2. The molecule has 0 radical (unpaired) electrons. The fourth-order valence-electron chi connectivity index (χ4n) is 3.72. The average molecular weight is 410 g/mol. The van der Waals surface area contributed by atoms with Gasteiger partial charge in [-0.1, -0.05) is 22.9 Å². The van der Waals surface area contributed by atoms with Crippen LogP contribution in [0.5, 0.6) is 0 Å². The molecule has 0 unspecified atom stereocenters. The van der Waals surface area contributed by atoms with E-state index >= 15 is 0 Å². The molecule has 4 aromatic heterocycles. The number of rotatable bonds is 5. The van der Waals surface area contributed by atoms with E-state index in [1.807, 2.05) is 41.3 Å². The SMILES string of the molecule is OCc1ccc2nc(Cn3cc(-c4cncc(N5CCCC5)c4Cl)nn3)cn2c1. The van der Waals surface area contributed by atoms with Crippen molar-refractivity contribution in [3.8, 4) is 11.3 Å². The van der Waals surface area contributed by atoms with Crippen LogP contribution in [0, 0.1) is 0 Å². The molecule has 9 heteroatoms. The first-order chi connectivity index (χ1) is 14.2. The number of imidazole rings is 1. The Labute approximate surface area is 172 Å². The third-order valence-corrected chi connectivity index (χ3v) is 5.59. The van der Waals surface area contributed by atoms with Crippen molar-refractivity contribution in [1.82, 2.24) is 29.4 Å². The fraction of sp³-hybridized carbons (Fsp3) is 0.300. The average Bonchev–Trinajstić information content (AvgIpc) is 3.48. The highest BCUT2D eigenvalue weighted by atomic mass is 35.5. The number of nitrogens with zero attached hydrogens (tertiary/aromatic N) is 7. The normalized spacial score (nSPS) is 14.2. The van der Waals surface area contributed by atoms with E-state index < -0.39 is 0 Å². The van der Waals surface area contributed by atoms with Gasteiger partial charge in [-0.25, -0.2) is 9.67 Å². The van der Waals surface area contributed by atoms with Gasteiger partial charge in [0.15, 0.2) is 0 Å². The van der Waals surface area contributed by atoms with Crippen molar-refractivity contribution in [3.63, 3.8) is 0 Å². The van der Waals surface area contributed by atoms with E-state index in [0.29, 0.717) is 17.3 Å². The van der Waals surface area contributed by atoms with Crippen LogP contribution < -0.4 is 4.90 Å². The molecular formula is C20H20ClN7O. The van der Waals surface area contributed by atoms with Crippen molar-refractivity contribution < 1.29 is 5.11 Å². The molecule has 1 aliphatic rings. The van der Waals surface area contributed by atoms with Gasteiger partial charge in [-0.3, -0.25) is 4.98 Å². The molecule has 0 spiro atoms. The molecule has 1 saturated heterocycles. The van der Waals surface area contributed by atoms with E-state index in [-0.39, 0.29) is 6.61 Å². The lowest BCUT2D eigenvalue weighted by Crippen LogP contribution is -2.18. The number of fused-ring (bicyclic) bond motifs is 1. The monoisotopic (exact) mass is 409 g/mol. The second kappa shape index (κ2) is 7.46. The van der Waals surface area contributed by atoms with Gasteiger partial charge in [-0.05, 0) is 24.5 Å². The lowest BCUT2D eigenvalue weighted by atomic mass is 10.2. The Morgan fingerprint density at radius 2 is 1.93 bits per heavy atom. The summed E-state index contributed by atoms with van der Waals surface area (Å²) < 4.78 is 3.64. The Morgan fingerprint density at radius 1 is 1.07 bits per heavy atom. The zero-order valence-corrected chi connectivity index (χ0v) is 16.5. The zero-order valence-electron chi connectivity index (χ0n) is 15.7. The van der Waals surface area contributed by atoms with E-state index in [1.165, 1.54) is 12.8 Å². The van der Waals surface area contributed by atoms with Crippen LogP contribution in [0.2, 0.25) is 5.02 Å². The predicted molar refractivity (Wildman–Crippen MR) is 110 cm³/mol. The minimum atomic E-state index is 0.00117. The first kappa shape index (κ1) is 18.1. The number of aromatic nitrogens is 6. The number of aliphatic hydroxyl groups is 1. The molecule has 1 N–H and O–H groups in total. The highest BCUT2D eigenvalue weighted by Crippen LogP contribution is 2.35. The van der Waals surface area contributed by atoms with E-state index in [0.717, 1.165) is 41.2 Å². The van der Waals surface area contributed by atoms with Gasteiger partial charge in [0.1, 0.15) is 11.3 Å².